The van der Waals surface area contributed by atoms with E-state index < -0.39 is 17.8 Å². The van der Waals surface area contributed by atoms with Gasteiger partial charge in [-0.05, 0) is 60.4 Å². The summed E-state index contributed by atoms with van der Waals surface area (Å²) < 4.78 is 7.57. The van der Waals surface area contributed by atoms with Gasteiger partial charge in [0, 0.05) is 23.0 Å². The van der Waals surface area contributed by atoms with Crippen LogP contribution in [0.2, 0.25) is 10.0 Å². The Morgan fingerprint density at radius 3 is 2.53 bits per heavy atom. The number of nitrogens with one attached hydrogen (secondary N) is 1. The van der Waals surface area contributed by atoms with Crippen LogP contribution >= 0.6 is 23.2 Å². The predicted molar refractivity (Wildman–Crippen MR) is 141 cm³/mol. The van der Waals surface area contributed by atoms with Gasteiger partial charge in [-0.1, -0.05) is 49.2 Å². The molecule has 36 heavy (non-hydrogen) atoms. The largest absolute Gasteiger partial charge is 0.490 e. The zero-order chi connectivity index (χ0) is 25.8. The van der Waals surface area contributed by atoms with Crippen LogP contribution in [0.15, 0.2) is 66.4 Å². The molecule has 186 valence electrons. The number of halogens is 2. The molecule has 4 amide bonds. The highest BCUT2D eigenvalue weighted by Gasteiger charge is 2.37. The minimum Gasteiger partial charge on any atom is -0.490 e. The highest BCUT2D eigenvalue weighted by atomic mass is 35.5. The molecule has 1 N–H and O–H groups in total. The molecule has 0 spiro atoms. The van der Waals surface area contributed by atoms with E-state index in [0.29, 0.717) is 39.6 Å². The van der Waals surface area contributed by atoms with Gasteiger partial charge in [-0.3, -0.25) is 14.9 Å². The molecule has 1 aromatic heterocycles. The van der Waals surface area contributed by atoms with E-state index in [1.54, 1.807) is 48.7 Å². The molecule has 0 aliphatic carbocycles. The Morgan fingerprint density at radius 1 is 1.06 bits per heavy atom. The number of carbonyl (C=O) groups excluding carboxylic acids is 3. The molecule has 3 aromatic rings. The normalized spacial score (nSPS) is 15.8. The van der Waals surface area contributed by atoms with E-state index in [0.717, 1.165) is 16.9 Å². The second kappa shape index (κ2) is 11.0. The molecular weight excluding hydrogens is 501 g/mol. The molecular formula is C27H25Cl2N3O4. The summed E-state index contributed by atoms with van der Waals surface area (Å²) in [5, 5.41) is 3.22. The third-order valence-corrected chi connectivity index (χ3v) is 6.62. The van der Waals surface area contributed by atoms with Crippen LogP contribution in [0.4, 0.5) is 10.5 Å². The fourth-order valence-electron chi connectivity index (χ4n) is 3.83. The van der Waals surface area contributed by atoms with Crippen LogP contribution < -0.4 is 15.0 Å². The number of aromatic nitrogens is 1. The van der Waals surface area contributed by atoms with Crippen molar-refractivity contribution in [3.05, 3.63) is 87.7 Å². The molecule has 1 aliphatic heterocycles. The van der Waals surface area contributed by atoms with Crippen molar-refractivity contribution < 1.29 is 19.1 Å². The van der Waals surface area contributed by atoms with Crippen LogP contribution in [0.25, 0.3) is 6.08 Å². The summed E-state index contributed by atoms with van der Waals surface area (Å²) in [5.41, 5.74) is 1.97. The molecule has 0 radical (unpaired) electrons. The summed E-state index contributed by atoms with van der Waals surface area (Å²) in [6, 6.07) is 15.0. The maximum Gasteiger partial charge on any atom is 0.335 e. The van der Waals surface area contributed by atoms with Crippen molar-refractivity contribution in [2.75, 3.05) is 11.5 Å². The highest BCUT2D eigenvalue weighted by molar-refractivity contribution is 6.39. The molecule has 1 aliphatic rings. The summed E-state index contributed by atoms with van der Waals surface area (Å²) in [7, 11) is 0. The Hall–Kier alpha value is -3.55. The van der Waals surface area contributed by atoms with Gasteiger partial charge in [0.15, 0.2) is 0 Å². The van der Waals surface area contributed by atoms with Gasteiger partial charge in [-0.15, -0.1) is 0 Å². The number of urea groups is 1. The van der Waals surface area contributed by atoms with E-state index in [1.165, 1.54) is 6.08 Å². The molecule has 2 heterocycles. The lowest BCUT2D eigenvalue weighted by Gasteiger charge is -2.26. The monoisotopic (exact) mass is 525 g/mol. The van der Waals surface area contributed by atoms with Crippen molar-refractivity contribution in [2.45, 2.75) is 32.7 Å². The fourth-order valence-corrected chi connectivity index (χ4v) is 4.17. The van der Waals surface area contributed by atoms with Gasteiger partial charge in [0.05, 0.1) is 17.3 Å². The van der Waals surface area contributed by atoms with Crippen molar-refractivity contribution in [3.8, 4) is 5.75 Å². The van der Waals surface area contributed by atoms with E-state index >= 15 is 0 Å². The number of anilines is 1. The Bertz CT molecular complexity index is 1330. The number of hydrogen-bond donors (Lipinski definition) is 1. The highest BCUT2D eigenvalue weighted by Crippen LogP contribution is 2.28. The SMILES string of the molecule is CC[C@@H](C)c1ccc(N2C(=O)NC(=O)/C(=C\c3cccn3CCOc3cc(Cl)ccc3Cl)C2=O)cc1. The standard InChI is InChI=1S/C27H25Cl2N3O4/c1-3-17(2)18-6-9-20(10-7-18)32-26(34)22(25(33)30-27(32)35)16-21-5-4-12-31(21)13-14-36-24-15-19(28)8-11-23(24)29/h4-12,15-17H,3,13-14H2,1-2H3,(H,30,33,35)/b22-16+/t17-/m1/s1. The number of amides is 4. The number of hydrogen-bond acceptors (Lipinski definition) is 4. The average molecular weight is 526 g/mol. The molecule has 1 atom stereocenters. The second-order valence-corrected chi connectivity index (χ2v) is 9.25. The number of rotatable bonds is 8. The lowest BCUT2D eigenvalue weighted by Crippen LogP contribution is -2.54. The first-order chi connectivity index (χ1) is 17.3. The van der Waals surface area contributed by atoms with E-state index in [4.69, 9.17) is 27.9 Å². The Balaban J connectivity index is 1.52. The predicted octanol–water partition coefficient (Wildman–Crippen LogP) is 6.05. The minimum atomic E-state index is -0.777. The summed E-state index contributed by atoms with van der Waals surface area (Å²) in [6.45, 7) is 4.90. The minimum absolute atomic E-state index is 0.139. The number of nitrogens with zero attached hydrogens (tertiary/aromatic N) is 2. The number of benzene rings is 2. The first-order valence-corrected chi connectivity index (χ1v) is 12.3. The van der Waals surface area contributed by atoms with Crippen LogP contribution in [-0.4, -0.2) is 29.0 Å². The van der Waals surface area contributed by atoms with Gasteiger partial charge in [0.1, 0.15) is 17.9 Å². The zero-order valence-corrected chi connectivity index (χ0v) is 21.3. The summed E-state index contributed by atoms with van der Waals surface area (Å²) in [6.07, 6.45) is 4.24. The van der Waals surface area contributed by atoms with Crippen LogP contribution in [0.1, 0.15) is 37.4 Å². The van der Waals surface area contributed by atoms with Gasteiger partial charge in [-0.2, -0.15) is 0 Å². The molecule has 4 rings (SSSR count). The van der Waals surface area contributed by atoms with Gasteiger partial charge >= 0.3 is 6.03 Å². The maximum absolute atomic E-state index is 13.2. The molecule has 9 heteroatoms. The van der Waals surface area contributed by atoms with E-state index in [9.17, 15) is 14.4 Å². The van der Waals surface area contributed by atoms with Crippen LogP contribution in [-0.2, 0) is 16.1 Å². The lowest BCUT2D eigenvalue weighted by atomic mass is 9.98. The van der Waals surface area contributed by atoms with Gasteiger partial charge in [0.2, 0.25) is 0 Å². The third-order valence-electron chi connectivity index (χ3n) is 6.07. The molecule has 2 aromatic carbocycles. The van der Waals surface area contributed by atoms with E-state index in [-0.39, 0.29) is 12.2 Å². The summed E-state index contributed by atoms with van der Waals surface area (Å²) in [5.74, 6) is -0.609. The van der Waals surface area contributed by atoms with E-state index in [2.05, 4.69) is 19.2 Å². The average Bonchev–Trinajstić information content (AvgIpc) is 3.30. The molecule has 0 bridgehead atoms. The van der Waals surface area contributed by atoms with Gasteiger partial charge < -0.3 is 9.30 Å². The fraction of sp³-hybridized carbons (Fsp3) is 0.222. The summed E-state index contributed by atoms with van der Waals surface area (Å²) in [4.78, 5) is 39.3. The van der Waals surface area contributed by atoms with E-state index in [1.807, 2.05) is 16.7 Å². The maximum atomic E-state index is 13.2. The smallest absolute Gasteiger partial charge is 0.335 e. The van der Waals surface area contributed by atoms with Crippen molar-refractivity contribution >= 4 is 52.8 Å². The first kappa shape index (κ1) is 25.5. The first-order valence-electron chi connectivity index (χ1n) is 11.5. The van der Waals surface area contributed by atoms with Gasteiger partial charge in [0.25, 0.3) is 11.8 Å². The molecule has 0 unspecified atom stereocenters. The number of imide groups is 2. The van der Waals surface area contributed by atoms with Crippen molar-refractivity contribution in [2.24, 2.45) is 0 Å². The quantitative estimate of drug-likeness (QED) is 0.286. The molecule has 1 saturated heterocycles. The summed E-state index contributed by atoms with van der Waals surface area (Å²) >= 11 is 12.1. The second-order valence-electron chi connectivity index (χ2n) is 8.41. The van der Waals surface area contributed by atoms with Crippen molar-refractivity contribution in [1.29, 1.82) is 0 Å². The van der Waals surface area contributed by atoms with Crippen molar-refractivity contribution in [1.82, 2.24) is 9.88 Å². The molecule has 1 fully saturated rings. The number of carbonyl (C=O) groups is 3. The molecule has 7 nitrogen and oxygen atoms in total. The third kappa shape index (κ3) is 5.48. The lowest BCUT2D eigenvalue weighted by molar-refractivity contribution is -0.122. The van der Waals surface area contributed by atoms with Crippen LogP contribution in [0.5, 0.6) is 5.75 Å². The number of ether oxygens (including phenoxy) is 1. The van der Waals surface area contributed by atoms with Crippen molar-refractivity contribution in [3.63, 3.8) is 0 Å². The number of barbiturate groups is 1. The van der Waals surface area contributed by atoms with Crippen LogP contribution in [0, 0.1) is 0 Å². The van der Waals surface area contributed by atoms with Gasteiger partial charge in [-0.25, -0.2) is 9.69 Å². The zero-order valence-electron chi connectivity index (χ0n) is 19.8. The Kier molecular flexibility index (Phi) is 7.82. The topological polar surface area (TPSA) is 80.6 Å². The molecule has 0 saturated carbocycles. The Labute approximate surface area is 219 Å². The van der Waals surface area contributed by atoms with Crippen LogP contribution in [0.3, 0.4) is 0 Å². The Morgan fingerprint density at radius 2 is 1.81 bits per heavy atom.